The first-order valence-corrected chi connectivity index (χ1v) is 6.29. The lowest BCUT2D eigenvalue weighted by Crippen LogP contribution is -2.17. The zero-order valence-electron chi connectivity index (χ0n) is 9.79. The largest absolute Gasteiger partial charge is 0.493 e. The van der Waals surface area contributed by atoms with Gasteiger partial charge in [-0.1, -0.05) is 19.4 Å². The topological polar surface area (TPSA) is 18.5 Å². The van der Waals surface area contributed by atoms with Gasteiger partial charge in [0.15, 0.2) is 0 Å². The van der Waals surface area contributed by atoms with Gasteiger partial charge in [-0.2, -0.15) is 0 Å². The molecular formula is C14H18O2. The van der Waals surface area contributed by atoms with Crippen molar-refractivity contribution in [2.24, 2.45) is 0 Å². The molecule has 86 valence electrons. The average molecular weight is 218 g/mol. The van der Waals surface area contributed by atoms with E-state index in [4.69, 9.17) is 9.47 Å². The Morgan fingerprint density at radius 2 is 2.19 bits per heavy atom. The molecule has 0 unspecified atom stereocenters. The van der Waals surface area contributed by atoms with Crippen LogP contribution in [0, 0.1) is 0 Å². The fourth-order valence-electron chi connectivity index (χ4n) is 2.85. The first-order valence-electron chi connectivity index (χ1n) is 6.29. The Bertz CT molecular complexity index is 398. The molecule has 2 heterocycles. The summed E-state index contributed by atoms with van der Waals surface area (Å²) in [4.78, 5) is 0. The summed E-state index contributed by atoms with van der Waals surface area (Å²) < 4.78 is 11.5. The van der Waals surface area contributed by atoms with Gasteiger partial charge in [-0.15, -0.1) is 0 Å². The number of hydrogen-bond donors (Lipinski definition) is 0. The molecule has 0 aliphatic carbocycles. The molecule has 16 heavy (non-hydrogen) atoms. The number of rotatable bonds is 2. The summed E-state index contributed by atoms with van der Waals surface area (Å²) in [5.74, 6) is 1.09. The highest BCUT2D eigenvalue weighted by atomic mass is 16.5. The third kappa shape index (κ3) is 1.52. The number of hydrogen-bond acceptors (Lipinski definition) is 2. The van der Waals surface area contributed by atoms with Crippen molar-refractivity contribution >= 4 is 0 Å². The van der Waals surface area contributed by atoms with Crippen molar-refractivity contribution in [2.45, 2.75) is 38.7 Å². The Morgan fingerprint density at radius 3 is 3.06 bits per heavy atom. The smallest absolute Gasteiger partial charge is 0.123 e. The van der Waals surface area contributed by atoms with Gasteiger partial charge in [-0.05, 0) is 30.0 Å². The molecule has 0 fully saturated rings. The van der Waals surface area contributed by atoms with Crippen molar-refractivity contribution in [1.29, 1.82) is 0 Å². The van der Waals surface area contributed by atoms with Crippen molar-refractivity contribution in [2.75, 3.05) is 13.2 Å². The van der Waals surface area contributed by atoms with Gasteiger partial charge in [-0.25, -0.2) is 0 Å². The van der Waals surface area contributed by atoms with Crippen LogP contribution in [0.5, 0.6) is 5.75 Å². The molecule has 0 amide bonds. The van der Waals surface area contributed by atoms with Gasteiger partial charge in [0.2, 0.25) is 0 Å². The third-order valence-corrected chi connectivity index (χ3v) is 3.58. The summed E-state index contributed by atoms with van der Waals surface area (Å²) >= 11 is 0. The van der Waals surface area contributed by atoms with E-state index >= 15 is 0 Å². The van der Waals surface area contributed by atoms with Crippen molar-refractivity contribution in [3.05, 3.63) is 28.8 Å². The van der Waals surface area contributed by atoms with Gasteiger partial charge in [0, 0.05) is 12.0 Å². The molecular weight excluding hydrogens is 200 g/mol. The number of ether oxygens (including phenoxy) is 2. The summed E-state index contributed by atoms with van der Waals surface area (Å²) in [5, 5.41) is 0. The van der Waals surface area contributed by atoms with E-state index in [1.54, 1.807) is 0 Å². The molecule has 0 saturated heterocycles. The predicted octanol–water partition coefficient (Wildman–Crippen LogP) is 3.04. The van der Waals surface area contributed by atoms with Crippen LogP contribution in [-0.4, -0.2) is 13.2 Å². The van der Waals surface area contributed by atoms with Crippen LogP contribution in [0.25, 0.3) is 0 Å². The summed E-state index contributed by atoms with van der Waals surface area (Å²) in [5.41, 5.74) is 4.34. The zero-order valence-corrected chi connectivity index (χ0v) is 9.79. The maximum absolute atomic E-state index is 5.91. The van der Waals surface area contributed by atoms with Gasteiger partial charge in [0.05, 0.1) is 19.3 Å². The third-order valence-electron chi connectivity index (χ3n) is 3.58. The maximum Gasteiger partial charge on any atom is 0.123 e. The molecule has 1 aromatic carbocycles. The summed E-state index contributed by atoms with van der Waals surface area (Å²) in [6.07, 6.45) is 4.73. The van der Waals surface area contributed by atoms with Crippen LogP contribution in [0.15, 0.2) is 12.1 Å². The lowest BCUT2D eigenvalue weighted by molar-refractivity contribution is 0.0355. The second kappa shape index (κ2) is 4.10. The molecule has 0 N–H and O–H groups in total. The lowest BCUT2D eigenvalue weighted by atomic mass is 9.89. The summed E-state index contributed by atoms with van der Waals surface area (Å²) in [7, 11) is 0. The Kier molecular flexibility index (Phi) is 2.60. The van der Waals surface area contributed by atoms with E-state index < -0.39 is 0 Å². The van der Waals surface area contributed by atoms with Gasteiger partial charge in [0.25, 0.3) is 0 Å². The molecule has 1 atom stereocenters. The minimum absolute atomic E-state index is 0.311. The first-order chi connectivity index (χ1) is 7.90. The van der Waals surface area contributed by atoms with Crippen LogP contribution < -0.4 is 4.74 Å². The summed E-state index contributed by atoms with van der Waals surface area (Å²) in [6.45, 7) is 3.93. The fourth-order valence-corrected chi connectivity index (χ4v) is 2.85. The van der Waals surface area contributed by atoms with Crippen LogP contribution in [0.4, 0.5) is 0 Å². The van der Waals surface area contributed by atoms with Crippen LogP contribution in [0.1, 0.15) is 42.6 Å². The van der Waals surface area contributed by atoms with E-state index in [-0.39, 0.29) is 0 Å². The minimum Gasteiger partial charge on any atom is -0.493 e. The molecule has 2 aliphatic heterocycles. The van der Waals surface area contributed by atoms with Gasteiger partial charge in [0.1, 0.15) is 5.75 Å². The molecule has 0 saturated carbocycles. The van der Waals surface area contributed by atoms with E-state index in [2.05, 4.69) is 19.1 Å². The number of benzene rings is 1. The van der Waals surface area contributed by atoms with Crippen LogP contribution in [-0.2, 0) is 17.6 Å². The highest BCUT2D eigenvalue weighted by Gasteiger charge is 2.27. The molecule has 1 aromatic rings. The number of fused-ring (bicyclic) bond motifs is 3. The summed E-state index contributed by atoms with van der Waals surface area (Å²) in [6, 6.07) is 4.36. The van der Waals surface area contributed by atoms with Crippen molar-refractivity contribution < 1.29 is 9.47 Å². The van der Waals surface area contributed by atoms with Crippen molar-refractivity contribution in [1.82, 2.24) is 0 Å². The molecule has 0 aromatic heterocycles. The van der Waals surface area contributed by atoms with E-state index in [0.717, 1.165) is 38.2 Å². The first kappa shape index (κ1) is 10.2. The monoisotopic (exact) mass is 218 g/mol. The normalized spacial score (nSPS) is 22.4. The van der Waals surface area contributed by atoms with Crippen LogP contribution in [0.2, 0.25) is 0 Å². The standard InChI is InChI=1S/C14H18O2/c1-2-3-13-14-10(6-8-16-13)4-5-12-11(14)7-9-15-12/h4-5,13H,2-3,6-9H2,1H3/t13-/m1/s1. The zero-order chi connectivity index (χ0) is 11.0. The van der Waals surface area contributed by atoms with E-state index in [1.165, 1.54) is 23.1 Å². The van der Waals surface area contributed by atoms with Crippen LogP contribution >= 0.6 is 0 Å². The van der Waals surface area contributed by atoms with Crippen molar-refractivity contribution in [3.63, 3.8) is 0 Å². The minimum atomic E-state index is 0.311. The Balaban J connectivity index is 2.06. The highest BCUT2D eigenvalue weighted by molar-refractivity contribution is 5.49. The van der Waals surface area contributed by atoms with E-state index in [1.807, 2.05) is 0 Å². The molecule has 0 spiro atoms. The van der Waals surface area contributed by atoms with Crippen LogP contribution in [0.3, 0.4) is 0 Å². The van der Waals surface area contributed by atoms with Crippen molar-refractivity contribution in [3.8, 4) is 5.75 Å². The molecule has 3 rings (SSSR count). The van der Waals surface area contributed by atoms with Gasteiger partial charge < -0.3 is 9.47 Å². The average Bonchev–Trinajstić information content (AvgIpc) is 2.77. The molecule has 2 aliphatic rings. The molecule has 2 heteroatoms. The second-order valence-electron chi connectivity index (χ2n) is 4.61. The Hall–Kier alpha value is -1.02. The Morgan fingerprint density at radius 1 is 1.25 bits per heavy atom. The Labute approximate surface area is 96.6 Å². The quantitative estimate of drug-likeness (QED) is 0.759. The molecule has 0 radical (unpaired) electrons. The molecule has 2 nitrogen and oxygen atoms in total. The predicted molar refractivity (Wildman–Crippen MR) is 62.9 cm³/mol. The second-order valence-corrected chi connectivity index (χ2v) is 4.61. The lowest BCUT2D eigenvalue weighted by Gasteiger charge is -2.27. The SMILES string of the molecule is CCC[C@H]1OCCc2ccc3c(c21)CCO3. The molecule has 0 bridgehead atoms. The fraction of sp³-hybridized carbons (Fsp3) is 0.571. The highest BCUT2D eigenvalue weighted by Crippen LogP contribution is 2.39. The van der Waals surface area contributed by atoms with E-state index in [0.29, 0.717) is 6.10 Å². The van der Waals surface area contributed by atoms with Gasteiger partial charge >= 0.3 is 0 Å². The maximum atomic E-state index is 5.91. The van der Waals surface area contributed by atoms with E-state index in [9.17, 15) is 0 Å². The van der Waals surface area contributed by atoms with Gasteiger partial charge in [-0.3, -0.25) is 0 Å².